The summed E-state index contributed by atoms with van der Waals surface area (Å²) in [6.07, 6.45) is 0.602. The van der Waals surface area contributed by atoms with E-state index in [9.17, 15) is 31.1 Å². The number of nitrogens with one attached hydrogen (secondary N) is 3. The van der Waals surface area contributed by atoms with E-state index in [1.807, 2.05) is 0 Å². The maximum absolute atomic E-state index is 15.3. The third kappa shape index (κ3) is 6.72. The molecule has 0 aliphatic carbocycles. The first-order valence-corrected chi connectivity index (χ1v) is 16.8. The predicted molar refractivity (Wildman–Crippen MR) is 165 cm³/mol. The van der Waals surface area contributed by atoms with Gasteiger partial charge in [0.25, 0.3) is 0 Å². The van der Waals surface area contributed by atoms with Crippen molar-refractivity contribution in [3.05, 3.63) is 89.6 Å². The van der Waals surface area contributed by atoms with Gasteiger partial charge in [0.05, 0.1) is 34.6 Å². The van der Waals surface area contributed by atoms with Crippen molar-refractivity contribution >= 4 is 53.5 Å². The molecule has 15 heteroatoms. The number of anilines is 1. The lowest BCUT2D eigenvalue weighted by molar-refractivity contribution is 0.0988. The Kier molecular flexibility index (Phi) is 9.00. The van der Waals surface area contributed by atoms with E-state index >= 15 is 4.39 Å². The summed E-state index contributed by atoms with van der Waals surface area (Å²) in [7, 11) is -7.84. The van der Waals surface area contributed by atoms with Crippen LogP contribution in [0.15, 0.2) is 71.8 Å². The van der Waals surface area contributed by atoms with Crippen LogP contribution in [-0.2, 0) is 20.0 Å². The quantitative estimate of drug-likeness (QED) is 0.126. The first kappa shape index (κ1) is 32.1. The molecule has 0 fully saturated rings. The number of ketones is 1. The van der Waals surface area contributed by atoms with Crippen molar-refractivity contribution in [2.75, 3.05) is 23.6 Å². The number of carbonyl (C=O) groups excluding carboxylic acids is 1. The SMILES string of the molecule is CCCS(=O)(=O)Nc1ccc(F)c(C(=O)c2ccc3[nH]c4ncc(-c5ccc(S(=O)(=O)NCC(O)CO)cc5)cc4c3c2)c1F. The predicted octanol–water partition coefficient (Wildman–Crippen LogP) is 3.68. The van der Waals surface area contributed by atoms with Gasteiger partial charge in [0.1, 0.15) is 11.5 Å². The maximum Gasteiger partial charge on any atom is 0.240 e. The highest BCUT2D eigenvalue weighted by atomic mass is 32.2. The van der Waals surface area contributed by atoms with Crippen LogP contribution >= 0.6 is 0 Å². The van der Waals surface area contributed by atoms with E-state index in [2.05, 4.69) is 19.4 Å². The molecular weight excluding hydrogens is 630 g/mol. The van der Waals surface area contributed by atoms with E-state index in [4.69, 9.17) is 5.11 Å². The number of hydrogen-bond donors (Lipinski definition) is 5. The second kappa shape index (κ2) is 12.6. The molecule has 11 nitrogen and oxygen atoms in total. The van der Waals surface area contributed by atoms with Crippen LogP contribution in [-0.4, -0.2) is 67.8 Å². The number of nitrogens with zero attached hydrogens (tertiary/aromatic N) is 1. The van der Waals surface area contributed by atoms with Gasteiger partial charge in [-0.25, -0.2) is 35.3 Å². The monoisotopic (exact) mass is 658 g/mol. The third-order valence-corrected chi connectivity index (χ3v) is 9.90. The second-order valence-electron chi connectivity index (χ2n) is 10.3. The molecule has 5 N–H and O–H groups in total. The van der Waals surface area contributed by atoms with Gasteiger partial charge in [0.15, 0.2) is 11.6 Å². The standard InChI is InChI=1S/C30H28F2N4O7S2/c1-2-11-44(40,41)36-26-10-8-24(31)27(28(26)32)29(39)18-5-9-25-22(12-18)23-13-19(14-33-30(23)35-25)17-3-6-21(7-4-17)45(42,43)34-15-20(38)16-37/h3-10,12-14,20,34,36-38H,2,11,15-16H2,1H3,(H,33,35). The van der Waals surface area contributed by atoms with Crippen molar-refractivity contribution in [2.45, 2.75) is 24.3 Å². The Morgan fingerprint density at radius 2 is 1.71 bits per heavy atom. The van der Waals surface area contributed by atoms with Gasteiger partial charge in [-0.05, 0) is 60.5 Å². The number of carbonyl (C=O) groups is 1. The number of fused-ring (bicyclic) bond motifs is 3. The average Bonchev–Trinajstić information content (AvgIpc) is 3.38. The molecular formula is C30H28F2N4O7S2. The Balaban J connectivity index is 1.48. The molecule has 0 saturated carbocycles. The third-order valence-electron chi connectivity index (χ3n) is 6.99. The molecule has 5 aromatic rings. The maximum atomic E-state index is 15.3. The van der Waals surface area contributed by atoms with Crippen LogP contribution in [0, 0.1) is 11.6 Å². The number of hydrogen-bond acceptors (Lipinski definition) is 8. The van der Waals surface area contributed by atoms with Crippen LogP contribution in [0.1, 0.15) is 29.3 Å². The number of rotatable bonds is 12. The van der Waals surface area contributed by atoms with E-state index < -0.39 is 61.4 Å². The van der Waals surface area contributed by atoms with Crippen molar-refractivity contribution in [2.24, 2.45) is 0 Å². The zero-order valence-corrected chi connectivity index (χ0v) is 25.3. The molecule has 0 aliphatic heterocycles. The fourth-order valence-electron chi connectivity index (χ4n) is 4.72. The Morgan fingerprint density at radius 1 is 0.978 bits per heavy atom. The number of H-pyrrole nitrogens is 1. The summed E-state index contributed by atoms with van der Waals surface area (Å²) in [4.78, 5) is 20.9. The largest absolute Gasteiger partial charge is 0.394 e. The van der Waals surface area contributed by atoms with Crippen molar-refractivity contribution < 1.29 is 40.6 Å². The fraction of sp³-hybridized carbons (Fsp3) is 0.200. The van der Waals surface area contributed by atoms with Crippen LogP contribution < -0.4 is 9.44 Å². The summed E-state index contributed by atoms with van der Waals surface area (Å²) in [6.45, 7) is 0.685. The summed E-state index contributed by atoms with van der Waals surface area (Å²) in [6, 6.07) is 13.8. The van der Waals surface area contributed by atoms with Gasteiger partial charge in [-0.15, -0.1) is 0 Å². The summed E-state index contributed by atoms with van der Waals surface area (Å²) in [5, 5.41) is 19.4. The molecule has 3 aromatic carbocycles. The first-order valence-electron chi connectivity index (χ1n) is 13.7. The van der Waals surface area contributed by atoms with Crippen LogP contribution in [0.25, 0.3) is 33.1 Å². The molecule has 5 rings (SSSR count). The summed E-state index contributed by atoms with van der Waals surface area (Å²) < 4.78 is 83.7. The summed E-state index contributed by atoms with van der Waals surface area (Å²) in [5.41, 5.74) is 0.796. The van der Waals surface area contributed by atoms with E-state index in [1.165, 1.54) is 24.3 Å². The van der Waals surface area contributed by atoms with Crippen molar-refractivity contribution in [1.82, 2.24) is 14.7 Å². The minimum absolute atomic E-state index is 0.0476. The minimum atomic E-state index is -3.94. The number of aromatic amines is 1. The number of aliphatic hydroxyl groups is 2. The Morgan fingerprint density at radius 3 is 2.40 bits per heavy atom. The first-order chi connectivity index (χ1) is 21.3. The fourth-order valence-corrected chi connectivity index (χ4v) is 6.93. The topological polar surface area (TPSA) is 179 Å². The Bertz CT molecular complexity index is 2140. The Labute approximate surface area is 257 Å². The molecule has 2 aromatic heterocycles. The van der Waals surface area contributed by atoms with Crippen molar-refractivity contribution in [3.8, 4) is 11.1 Å². The van der Waals surface area contributed by atoms with Gasteiger partial charge in [-0.3, -0.25) is 9.52 Å². The van der Waals surface area contributed by atoms with Crippen LogP contribution in [0.2, 0.25) is 0 Å². The molecule has 0 amide bonds. The lowest BCUT2D eigenvalue weighted by atomic mass is 9.99. The molecule has 0 radical (unpaired) electrons. The lowest BCUT2D eigenvalue weighted by Crippen LogP contribution is -2.33. The van der Waals surface area contributed by atoms with Gasteiger partial charge in [0.2, 0.25) is 20.0 Å². The van der Waals surface area contributed by atoms with Crippen LogP contribution in [0.5, 0.6) is 0 Å². The highest BCUT2D eigenvalue weighted by Gasteiger charge is 2.24. The summed E-state index contributed by atoms with van der Waals surface area (Å²) in [5.74, 6) is -3.74. The molecule has 2 heterocycles. The normalized spacial score (nSPS) is 12.9. The van der Waals surface area contributed by atoms with Crippen LogP contribution in [0.3, 0.4) is 0 Å². The van der Waals surface area contributed by atoms with Crippen molar-refractivity contribution in [1.29, 1.82) is 0 Å². The smallest absolute Gasteiger partial charge is 0.240 e. The van der Waals surface area contributed by atoms with Gasteiger partial charge in [0, 0.05) is 40.2 Å². The minimum Gasteiger partial charge on any atom is -0.394 e. The van der Waals surface area contributed by atoms with Gasteiger partial charge in [-0.1, -0.05) is 19.1 Å². The number of aliphatic hydroxyl groups excluding tert-OH is 2. The number of aromatic nitrogens is 2. The lowest BCUT2D eigenvalue weighted by Gasteiger charge is -2.11. The number of pyridine rings is 1. The molecule has 236 valence electrons. The van der Waals surface area contributed by atoms with Gasteiger partial charge < -0.3 is 15.2 Å². The zero-order valence-electron chi connectivity index (χ0n) is 23.7. The molecule has 45 heavy (non-hydrogen) atoms. The Hall–Kier alpha value is -4.28. The second-order valence-corrected chi connectivity index (χ2v) is 13.9. The van der Waals surface area contributed by atoms with Gasteiger partial charge >= 0.3 is 0 Å². The molecule has 0 saturated heterocycles. The van der Waals surface area contributed by atoms with E-state index in [0.717, 1.165) is 12.1 Å². The molecule has 1 unspecified atom stereocenters. The number of halogens is 2. The number of benzene rings is 3. The van der Waals surface area contributed by atoms with E-state index in [-0.39, 0.29) is 29.2 Å². The average molecular weight is 659 g/mol. The highest BCUT2D eigenvalue weighted by molar-refractivity contribution is 7.92. The molecule has 0 aliphatic rings. The summed E-state index contributed by atoms with van der Waals surface area (Å²) >= 11 is 0. The molecule has 0 spiro atoms. The van der Waals surface area contributed by atoms with Crippen molar-refractivity contribution in [3.63, 3.8) is 0 Å². The van der Waals surface area contributed by atoms with Crippen LogP contribution in [0.4, 0.5) is 14.5 Å². The molecule has 0 bridgehead atoms. The highest BCUT2D eigenvalue weighted by Crippen LogP contribution is 2.31. The number of sulfonamides is 2. The van der Waals surface area contributed by atoms with Gasteiger partial charge in [-0.2, -0.15) is 0 Å². The van der Waals surface area contributed by atoms with E-state index in [1.54, 1.807) is 37.4 Å². The molecule has 1 atom stereocenters. The van der Waals surface area contributed by atoms with E-state index in [0.29, 0.717) is 33.1 Å². The zero-order chi connectivity index (χ0) is 32.5.